The molecule has 7 heteroatoms. The van der Waals surface area contributed by atoms with Gasteiger partial charge in [0, 0.05) is 19.2 Å². The van der Waals surface area contributed by atoms with Crippen molar-refractivity contribution in [3.05, 3.63) is 113 Å². The molecule has 38 heavy (non-hydrogen) atoms. The van der Waals surface area contributed by atoms with Crippen LogP contribution in [-0.2, 0) is 20.9 Å². The maximum atomic E-state index is 13.1. The van der Waals surface area contributed by atoms with Gasteiger partial charge in [0.2, 0.25) is 0 Å². The molecule has 1 fully saturated rings. The second-order valence-electron chi connectivity index (χ2n) is 8.96. The third-order valence-electron chi connectivity index (χ3n) is 6.26. The molecule has 1 N–H and O–H groups in total. The van der Waals surface area contributed by atoms with Crippen LogP contribution in [0.5, 0.6) is 11.5 Å². The van der Waals surface area contributed by atoms with Crippen LogP contribution in [0.3, 0.4) is 0 Å². The minimum absolute atomic E-state index is 0.0271. The number of likely N-dealkylation sites (tertiary alicyclic amines) is 1. The Morgan fingerprint density at radius 1 is 1.00 bits per heavy atom. The molecular weight excluding hydrogens is 482 g/mol. The number of benzene rings is 3. The Hall–Kier alpha value is -4.36. The molecule has 0 saturated carbocycles. The summed E-state index contributed by atoms with van der Waals surface area (Å²) >= 11 is 0. The second kappa shape index (κ2) is 12.3. The fourth-order valence-electron chi connectivity index (χ4n) is 4.38. The Labute approximate surface area is 222 Å². The minimum Gasteiger partial charge on any atom is -0.507 e. The molecule has 0 bridgehead atoms. The van der Waals surface area contributed by atoms with Gasteiger partial charge in [-0.25, -0.2) is 0 Å². The minimum atomic E-state index is -0.768. The first kappa shape index (κ1) is 26.7. The molecular formula is C31H31NO6. The number of aryl methyl sites for hydroxylation is 1. The zero-order chi connectivity index (χ0) is 27.1. The number of hydrogen-bond donors (Lipinski definition) is 1. The van der Waals surface area contributed by atoms with E-state index < -0.39 is 17.7 Å². The molecule has 0 radical (unpaired) electrons. The standard InChI is InChI=1S/C31H31NO6/c1-4-17-37-25-12-8-23(9-13-25)28-27(30(34)31(35)32(28)16-18-36-3)29(33)24-10-14-26(15-11-24)38-20-22-7-5-6-21(2)19-22/h4-15,19,28,33H,1,16-18,20H2,2-3H3/t28-/m0/s1. The first-order valence-corrected chi connectivity index (χ1v) is 12.3. The van der Waals surface area contributed by atoms with E-state index in [2.05, 4.69) is 12.6 Å². The SMILES string of the molecule is C=CCOc1ccc([C@H]2C(=C(O)c3ccc(OCc4cccc(C)c4)cc3)C(=O)C(=O)N2CCOC)cc1. The van der Waals surface area contributed by atoms with E-state index in [0.717, 1.165) is 11.1 Å². The Morgan fingerprint density at radius 2 is 1.68 bits per heavy atom. The van der Waals surface area contributed by atoms with Crippen molar-refractivity contribution in [3.63, 3.8) is 0 Å². The molecule has 0 spiro atoms. The summed E-state index contributed by atoms with van der Waals surface area (Å²) in [5.74, 6) is -0.418. The predicted octanol–water partition coefficient (Wildman–Crippen LogP) is 5.21. The van der Waals surface area contributed by atoms with E-state index in [9.17, 15) is 14.7 Å². The summed E-state index contributed by atoms with van der Waals surface area (Å²) in [7, 11) is 1.53. The van der Waals surface area contributed by atoms with Crippen molar-refractivity contribution in [3.8, 4) is 11.5 Å². The van der Waals surface area contributed by atoms with Gasteiger partial charge in [0.25, 0.3) is 11.7 Å². The Morgan fingerprint density at radius 3 is 2.34 bits per heavy atom. The Balaban J connectivity index is 1.63. The largest absolute Gasteiger partial charge is 0.507 e. The smallest absolute Gasteiger partial charge is 0.295 e. The van der Waals surface area contributed by atoms with Crippen LogP contribution < -0.4 is 9.47 Å². The number of methoxy groups -OCH3 is 1. The lowest BCUT2D eigenvalue weighted by molar-refractivity contribution is -0.140. The Kier molecular flexibility index (Phi) is 8.61. The number of hydrogen-bond acceptors (Lipinski definition) is 6. The van der Waals surface area contributed by atoms with Gasteiger partial charge < -0.3 is 24.2 Å². The number of amides is 1. The van der Waals surface area contributed by atoms with Crippen molar-refractivity contribution in [2.24, 2.45) is 0 Å². The van der Waals surface area contributed by atoms with Gasteiger partial charge in [0.1, 0.15) is 30.5 Å². The first-order chi connectivity index (χ1) is 18.4. The number of carbonyl (C=O) groups excluding carboxylic acids is 2. The molecule has 0 unspecified atom stereocenters. The zero-order valence-corrected chi connectivity index (χ0v) is 21.6. The van der Waals surface area contributed by atoms with Crippen molar-refractivity contribution < 1.29 is 28.9 Å². The lowest BCUT2D eigenvalue weighted by Crippen LogP contribution is -2.32. The molecule has 4 rings (SSSR count). The molecule has 1 aliphatic rings. The quantitative estimate of drug-likeness (QED) is 0.164. The normalized spacial score (nSPS) is 16.5. The number of aliphatic hydroxyl groups excluding tert-OH is 1. The van der Waals surface area contributed by atoms with E-state index in [1.807, 2.05) is 25.1 Å². The van der Waals surface area contributed by atoms with E-state index in [4.69, 9.17) is 14.2 Å². The molecule has 1 heterocycles. The van der Waals surface area contributed by atoms with E-state index in [-0.39, 0.29) is 24.5 Å². The summed E-state index contributed by atoms with van der Waals surface area (Å²) in [5, 5.41) is 11.3. The highest BCUT2D eigenvalue weighted by atomic mass is 16.5. The molecule has 7 nitrogen and oxygen atoms in total. The molecule has 1 aliphatic heterocycles. The van der Waals surface area contributed by atoms with Crippen LogP contribution in [0.25, 0.3) is 5.76 Å². The Bertz CT molecular complexity index is 1330. The summed E-state index contributed by atoms with van der Waals surface area (Å²) in [4.78, 5) is 27.5. The molecule has 0 aliphatic carbocycles. The highest BCUT2D eigenvalue weighted by Gasteiger charge is 2.45. The summed E-state index contributed by atoms with van der Waals surface area (Å²) in [6.45, 7) is 6.88. The third kappa shape index (κ3) is 5.95. The van der Waals surface area contributed by atoms with Crippen LogP contribution in [-0.4, -0.2) is 48.6 Å². The van der Waals surface area contributed by atoms with Gasteiger partial charge in [-0.3, -0.25) is 9.59 Å². The topological polar surface area (TPSA) is 85.3 Å². The van der Waals surface area contributed by atoms with Gasteiger partial charge in [-0.2, -0.15) is 0 Å². The van der Waals surface area contributed by atoms with Crippen molar-refractivity contribution in [1.29, 1.82) is 0 Å². The molecule has 196 valence electrons. The maximum absolute atomic E-state index is 13.1. The van der Waals surface area contributed by atoms with Gasteiger partial charge in [-0.1, -0.05) is 54.6 Å². The van der Waals surface area contributed by atoms with Crippen molar-refractivity contribution in [2.45, 2.75) is 19.6 Å². The van der Waals surface area contributed by atoms with Crippen LogP contribution in [0.4, 0.5) is 0 Å². The van der Waals surface area contributed by atoms with Gasteiger partial charge >= 0.3 is 0 Å². The number of rotatable bonds is 11. The predicted molar refractivity (Wildman–Crippen MR) is 145 cm³/mol. The van der Waals surface area contributed by atoms with Gasteiger partial charge in [-0.05, 0) is 54.4 Å². The number of nitrogens with zero attached hydrogens (tertiary/aromatic N) is 1. The van der Waals surface area contributed by atoms with Crippen LogP contribution in [0.15, 0.2) is 91.0 Å². The lowest BCUT2D eigenvalue weighted by Gasteiger charge is -2.25. The average Bonchev–Trinajstić information content (AvgIpc) is 3.19. The van der Waals surface area contributed by atoms with Gasteiger partial charge in [0.15, 0.2) is 0 Å². The van der Waals surface area contributed by atoms with Crippen LogP contribution >= 0.6 is 0 Å². The maximum Gasteiger partial charge on any atom is 0.295 e. The van der Waals surface area contributed by atoms with Gasteiger partial charge in [-0.15, -0.1) is 0 Å². The van der Waals surface area contributed by atoms with E-state index >= 15 is 0 Å². The number of Topliss-reactive ketones (excluding diaryl/α,β-unsaturated/α-hetero) is 1. The molecule has 1 saturated heterocycles. The first-order valence-electron chi connectivity index (χ1n) is 12.3. The number of carbonyl (C=O) groups is 2. The van der Waals surface area contributed by atoms with Crippen LogP contribution in [0.2, 0.25) is 0 Å². The molecule has 3 aromatic carbocycles. The second-order valence-corrected chi connectivity index (χ2v) is 8.96. The van der Waals surface area contributed by atoms with Crippen LogP contribution in [0.1, 0.15) is 28.3 Å². The monoisotopic (exact) mass is 513 g/mol. The fraction of sp³-hybridized carbons (Fsp3) is 0.226. The van der Waals surface area contributed by atoms with Crippen molar-refractivity contribution in [2.75, 3.05) is 26.9 Å². The zero-order valence-electron chi connectivity index (χ0n) is 21.6. The van der Waals surface area contributed by atoms with Crippen molar-refractivity contribution >= 4 is 17.4 Å². The molecule has 1 atom stereocenters. The summed E-state index contributed by atoms with van der Waals surface area (Å²) < 4.78 is 16.6. The molecule has 1 amide bonds. The highest BCUT2D eigenvalue weighted by Crippen LogP contribution is 2.39. The summed E-state index contributed by atoms with van der Waals surface area (Å²) in [6, 6.07) is 21.2. The lowest BCUT2D eigenvalue weighted by atomic mass is 9.95. The van der Waals surface area contributed by atoms with E-state index in [1.54, 1.807) is 54.6 Å². The average molecular weight is 514 g/mol. The number of ether oxygens (including phenoxy) is 3. The molecule has 3 aromatic rings. The van der Waals surface area contributed by atoms with E-state index in [1.165, 1.54) is 12.0 Å². The van der Waals surface area contributed by atoms with E-state index in [0.29, 0.717) is 35.8 Å². The third-order valence-corrected chi connectivity index (χ3v) is 6.26. The highest BCUT2D eigenvalue weighted by molar-refractivity contribution is 6.46. The summed E-state index contributed by atoms with van der Waals surface area (Å²) in [5.41, 5.74) is 3.31. The van der Waals surface area contributed by atoms with Crippen LogP contribution in [0, 0.1) is 6.92 Å². The van der Waals surface area contributed by atoms with Crippen molar-refractivity contribution in [1.82, 2.24) is 4.90 Å². The number of ketones is 1. The molecule has 0 aromatic heterocycles. The summed E-state index contributed by atoms with van der Waals surface area (Å²) in [6.07, 6.45) is 1.65. The fourth-order valence-corrected chi connectivity index (χ4v) is 4.38. The number of aliphatic hydroxyl groups is 1. The van der Waals surface area contributed by atoms with Gasteiger partial charge in [0.05, 0.1) is 18.2 Å².